The summed E-state index contributed by atoms with van der Waals surface area (Å²) in [6.07, 6.45) is 1.81. The van der Waals surface area contributed by atoms with Crippen molar-refractivity contribution in [2.45, 2.75) is 25.4 Å². The minimum Gasteiger partial charge on any atom is -0.393 e. The first kappa shape index (κ1) is 9.41. The number of hydrogen-bond acceptors (Lipinski definition) is 2. The molecule has 0 aromatic rings. The lowest BCUT2D eigenvalue weighted by atomic mass is 10.1. The third-order valence-corrected chi connectivity index (χ3v) is 3.44. The van der Waals surface area contributed by atoms with Crippen molar-refractivity contribution in [1.29, 1.82) is 0 Å². The fourth-order valence-corrected chi connectivity index (χ4v) is 2.19. The van der Waals surface area contributed by atoms with E-state index in [9.17, 15) is 4.39 Å². The molecule has 1 N–H and O–H groups in total. The Balaban J connectivity index is 1.78. The summed E-state index contributed by atoms with van der Waals surface area (Å²) in [5.74, 6) is 1.63. The quantitative estimate of drug-likeness (QED) is 0.714. The highest BCUT2D eigenvalue weighted by atomic mass is 19.1. The molecular formula is C10H18FNO. The van der Waals surface area contributed by atoms with Crippen molar-refractivity contribution in [1.82, 2.24) is 4.90 Å². The largest absolute Gasteiger partial charge is 0.393 e. The van der Waals surface area contributed by atoms with E-state index in [1.54, 1.807) is 0 Å². The first-order chi connectivity index (χ1) is 6.13. The molecule has 0 spiro atoms. The third-order valence-electron chi connectivity index (χ3n) is 3.44. The Morgan fingerprint density at radius 3 is 2.77 bits per heavy atom. The molecule has 2 rings (SSSR count). The average Bonchev–Trinajstić information content (AvgIpc) is 2.62. The van der Waals surface area contributed by atoms with Gasteiger partial charge in [-0.05, 0) is 24.7 Å². The second-order valence-electron chi connectivity index (χ2n) is 4.77. The van der Waals surface area contributed by atoms with Crippen LogP contribution in [0.1, 0.15) is 19.8 Å². The van der Waals surface area contributed by atoms with Crippen molar-refractivity contribution >= 4 is 0 Å². The van der Waals surface area contributed by atoms with Crippen LogP contribution in [0.3, 0.4) is 0 Å². The van der Waals surface area contributed by atoms with Crippen LogP contribution >= 0.6 is 0 Å². The highest BCUT2D eigenvalue weighted by Crippen LogP contribution is 2.39. The molecule has 1 saturated heterocycles. The molecule has 0 bridgehead atoms. The number of likely N-dealkylation sites (tertiary alicyclic amines) is 1. The maximum atomic E-state index is 13.6. The van der Waals surface area contributed by atoms with Gasteiger partial charge in [0.2, 0.25) is 0 Å². The highest BCUT2D eigenvalue weighted by molar-refractivity contribution is 4.93. The van der Waals surface area contributed by atoms with E-state index in [4.69, 9.17) is 5.11 Å². The van der Waals surface area contributed by atoms with Crippen molar-refractivity contribution in [3.8, 4) is 0 Å². The standard InChI is InChI=1S/C10H18FNO/c1-8-4-9(8)5-12-3-2-10(11,6-12)7-13/h8-9,13H,2-7H2,1H3. The summed E-state index contributed by atoms with van der Waals surface area (Å²) < 4.78 is 13.6. The predicted molar refractivity (Wildman–Crippen MR) is 49.3 cm³/mol. The minimum atomic E-state index is -1.31. The molecule has 2 aliphatic rings. The number of aliphatic hydroxyl groups excluding tert-OH is 1. The summed E-state index contributed by atoms with van der Waals surface area (Å²) in [6.45, 7) is 4.22. The molecule has 1 aliphatic carbocycles. The summed E-state index contributed by atoms with van der Waals surface area (Å²) in [5, 5.41) is 8.84. The van der Waals surface area contributed by atoms with Gasteiger partial charge in [0.1, 0.15) is 5.67 Å². The van der Waals surface area contributed by atoms with E-state index in [1.807, 2.05) is 0 Å². The van der Waals surface area contributed by atoms with Crippen LogP contribution in [0.25, 0.3) is 0 Å². The lowest BCUT2D eigenvalue weighted by Gasteiger charge is -2.18. The van der Waals surface area contributed by atoms with E-state index in [-0.39, 0.29) is 6.61 Å². The first-order valence-electron chi connectivity index (χ1n) is 5.15. The van der Waals surface area contributed by atoms with Gasteiger partial charge in [-0.1, -0.05) is 6.92 Å². The van der Waals surface area contributed by atoms with Crippen LogP contribution in [0.15, 0.2) is 0 Å². The van der Waals surface area contributed by atoms with Crippen LogP contribution in [0.2, 0.25) is 0 Å². The van der Waals surface area contributed by atoms with Gasteiger partial charge in [0.25, 0.3) is 0 Å². The number of aliphatic hydroxyl groups is 1. The van der Waals surface area contributed by atoms with Gasteiger partial charge < -0.3 is 5.11 Å². The second kappa shape index (κ2) is 3.21. The number of hydrogen-bond donors (Lipinski definition) is 1. The number of rotatable bonds is 3. The van der Waals surface area contributed by atoms with Crippen molar-refractivity contribution in [3.05, 3.63) is 0 Å². The van der Waals surface area contributed by atoms with Crippen LogP contribution in [0.5, 0.6) is 0 Å². The van der Waals surface area contributed by atoms with E-state index in [1.165, 1.54) is 6.42 Å². The molecular weight excluding hydrogens is 169 g/mol. The Kier molecular flexibility index (Phi) is 2.32. The lowest BCUT2D eigenvalue weighted by Crippen LogP contribution is -2.33. The Morgan fingerprint density at radius 2 is 2.31 bits per heavy atom. The Labute approximate surface area is 78.7 Å². The third kappa shape index (κ3) is 2.02. The van der Waals surface area contributed by atoms with Crippen molar-refractivity contribution < 1.29 is 9.50 Å². The molecule has 1 heterocycles. The van der Waals surface area contributed by atoms with Crippen LogP contribution < -0.4 is 0 Å². The maximum absolute atomic E-state index is 13.6. The fraction of sp³-hybridized carbons (Fsp3) is 1.00. The summed E-state index contributed by atoms with van der Waals surface area (Å²) in [5.41, 5.74) is -1.31. The van der Waals surface area contributed by atoms with Gasteiger partial charge >= 0.3 is 0 Å². The van der Waals surface area contributed by atoms with Crippen LogP contribution in [-0.2, 0) is 0 Å². The Morgan fingerprint density at radius 1 is 1.62 bits per heavy atom. The van der Waals surface area contributed by atoms with Gasteiger partial charge in [-0.25, -0.2) is 4.39 Å². The second-order valence-corrected chi connectivity index (χ2v) is 4.77. The number of alkyl halides is 1. The lowest BCUT2D eigenvalue weighted by molar-refractivity contribution is 0.0771. The van der Waals surface area contributed by atoms with Crippen LogP contribution in [-0.4, -0.2) is 41.9 Å². The van der Waals surface area contributed by atoms with E-state index in [2.05, 4.69) is 11.8 Å². The van der Waals surface area contributed by atoms with E-state index in [0.29, 0.717) is 13.0 Å². The van der Waals surface area contributed by atoms with E-state index in [0.717, 1.165) is 24.9 Å². The SMILES string of the molecule is CC1CC1CN1CCC(F)(CO)C1. The van der Waals surface area contributed by atoms with Crippen LogP contribution in [0, 0.1) is 11.8 Å². The molecule has 0 amide bonds. The smallest absolute Gasteiger partial charge is 0.147 e. The Bertz CT molecular complexity index is 199. The molecule has 2 nitrogen and oxygen atoms in total. The van der Waals surface area contributed by atoms with Gasteiger partial charge in [0.05, 0.1) is 6.61 Å². The molecule has 0 radical (unpaired) electrons. The molecule has 0 aromatic heterocycles. The van der Waals surface area contributed by atoms with E-state index < -0.39 is 5.67 Å². The van der Waals surface area contributed by atoms with Gasteiger partial charge in [-0.2, -0.15) is 0 Å². The predicted octanol–water partition coefficient (Wildman–Crippen LogP) is 1.05. The van der Waals surface area contributed by atoms with Crippen molar-refractivity contribution in [2.75, 3.05) is 26.2 Å². The summed E-state index contributed by atoms with van der Waals surface area (Å²) in [7, 11) is 0. The summed E-state index contributed by atoms with van der Waals surface area (Å²) in [6, 6.07) is 0. The molecule has 1 aliphatic heterocycles. The normalized spacial score (nSPS) is 45.5. The summed E-state index contributed by atoms with van der Waals surface area (Å²) in [4.78, 5) is 2.16. The zero-order valence-corrected chi connectivity index (χ0v) is 8.17. The monoisotopic (exact) mass is 187 g/mol. The molecule has 0 aromatic carbocycles. The molecule has 13 heavy (non-hydrogen) atoms. The van der Waals surface area contributed by atoms with Gasteiger partial charge in [0, 0.05) is 19.6 Å². The van der Waals surface area contributed by atoms with Crippen molar-refractivity contribution in [2.24, 2.45) is 11.8 Å². The molecule has 3 unspecified atom stereocenters. The van der Waals surface area contributed by atoms with Gasteiger partial charge in [-0.15, -0.1) is 0 Å². The molecule has 2 fully saturated rings. The first-order valence-corrected chi connectivity index (χ1v) is 5.15. The topological polar surface area (TPSA) is 23.5 Å². The van der Waals surface area contributed by atoms with E-state index >= 15 is 0 Å². The molecule has 76 valence electrons. The summed E-state index contributed by atoms with van der Waals surface area (Å²) >= 11 is 0. The number of nitrogens with zero attached hydrogens (tertiary/aromatic N) is 1. The fourth-order valence-electron chi connectivity index (χ4n) is 2.19. The van der Waals surface area contributed by atoms with Crippen LogP contribution in [0.4, 0.5) is 4.39 Å². The average molecular weight is 187 g/mol. The minimum absolute atomic E-state index is 0.316. The number of halogens is 1. The molecule has 1 saturated carbocycles. The highest BCUT2D eigenvalue weighted by Gasteiger charge is 2.41. The van der Waals surface area contributed by atoms with Gasteiger partial charge in [-0.3, -0.25) is 4.90 Å². The van der Waals surface area contributed by atoms with Gasteiger partial charge in [0.15, 0.2) is 0 Å². The molecule has 3 heteroatoms. The zero-order chi connectivity index (χ0) is 9.47. The zero-order valence-electron chi connectivity index (χ0n) is 8.17. The Hall–Kier alpha value is -0.150. The molecule has 3 atom stereocenters. The van der Waals surface area contributed by atoms with Crippen molar-refractivity contribution in [3.63, 3.8) is 0 Å². The maximum Gasteiger partial charge on any atom is 0.147 e.